The molecule has 1 heterocycles. The molecule has 2 rings (SSSR count). The van der Waals surface area contributed by atoms with Crippen LogP contribution in [0.4, 0.5) is 18.9 Å². The number of sulfone groups is 1. The molecule has 1 N–H and O–H groups in total. The standard InChI is InChI=1S/C16H20F3NO6S/c1-15(14(21)22,27(2,23)24)7-13-8-20(10-26-13)11-3-5-12(6-4-11)25-9-16(17,18)19/h3-6,13H,7-10H2,1-2H3,(H,21,22). The third-order valence-electron chi connectivity index (χ3n) is 4.38. The van der Waals surface area contributed by atoms with Crippen LogP contribution in [0.2, 0.25) is 0 Å². The van der Waals surface area contributed by atoms with Crippen LogP contribution in [0.1, 0.15) is 13.3 Å². The second-order valence-corrected chi connectivity index (χ2v) is 9.00. The molecule has 27 heavy (non-hydrogen) atoms. The molecular weight excluding hydrogens is 391 g/mol. The Bertz CT molecular complexity index is 780. The van der Waals surface area contributed by atoms with Crippen molar-refractivity contribution in [3.63, 3.8) is 0 Å². The number of halogens is 3. The minimum Gasteiger partial charge on any atom is -0.484 e. The highest BCUT2D eigenvalue weighted by atomic mass is 32.2. The summed E-state index contributed by atoms with van der Waals surface area (Å²) in [5.41, 5.74) is 0.633. The van der Waals surface area contributed by atoms with E-state index in [9.17, 15) is 31.5 Å². The molecule has 0 bridgehead atoms. The first-order valence-electron chi connectivity index (χ1n) is 7.91. The molecule has 1 saturated heterocycles. The molecule has 1 aliphatic heterocycles. The van der Waals surface area contributed by atoms with Crippen molar-refractivity contribution in [2.24, 2.45) is 0 Å². The van der Waals surface area contributed by atoms with Crippen LogP contribution in [0.15, 0.2) is 24.3 Å². The number of benzene rings is 1. The summed E-state index contributed by atoms with van der Waals surface area (Å²) in [6.45, 7) is 0.109. The Morgan fingerprint density at radius 2 is 1.93 bits per heavy atom. The molecule has 0 aliphatic carbocycles. The fourth-order valence-corrected chi connectivity index (χ4v) is 3.41. The first-order chi connectivity index (χ1) is 12.3. The molecule has 7 nitrogen and oxygen atoms in total. The summed E-state index contributed by atoms with van der Waals surface area (Å²) in [7, 11) is -3.86. The Hall–Kier alpha value is -2.01. The summed E-state index contributed by atoms with van der Waals surface area (Å²) in [5, 5.41) is 9.31. The number of aliphatic carboxylic acids is 1. The van der Waals surface area contributed by atoms with Crippen LogP contribution >= 0.6 is 0 Å². The smallest absolute Gasteiger partial charge is 0.422 e. The van der Waals surface area contributed by atoms with E-state index in [1.54, 1.807) is 17.0 Å². The average Bonchev–Trinajstić information content (AvgIpc) is 2.99. The fraction of sp³-hybridized carbons (Fsp3) is 0.562. The number of rotatable bonds is 7. The first kappa shape index (κ1) is 21.3. The van der Waals surface area contributed by atoms with Crippen LogP contribution in [0, 0.1) is 0 Å². The van der Waals surface area contributed by atoms with Crippen LogP contribution in [-0.4, -0.2) is 62.7 Å². The predicted molar refractivity (Wildman–Crippen MR) is 90.6 cm³/mol. The third kappa shape index (κ3) is 5.25. The van der Waals surface area contributed by atoms with Gasteiger partial charge in [-0.1, -0.05) is 0 Å². The third-order valence-corrected chi connectivity index (χ3v) is 6.36. The van der Waals surface area contributed by atoms with Crippen molar-refractivity contribution in [3.05, 3.63) is 24.3 Å². The number of hydrogen-bond donors (Lipinski definition) is 1. The van der Waals surface area contributed by atoms with Gasteiger partial charge in [0.1, 0.15) is 12.5 Å². The highest BCUT2D eigenvalue weighted by Crippen LogP contribution is 2.30. The van der Waals surface area contributed by atoms with Gasteiger partial charge in [0.2, 0.25) is 0 Å². The lowest BCUT2D eigenvalue weighted by atomic mass is 10.0. The van der Waals surface area contributed by atoms with Crippen molar-refractivity contribution in [2.45, 2.75) is 30.4 Å². The predicted octanol–water partition coefficient (Wildman–Crippen LogP) is 2.07. The van der Waals surface area contributed by atoms with Gasteiger partial charge in [0, 0.05) is 24.9 Å². The van der Waals surface area contributed by atoms with Gasteiger partial charge in [-0.2, -0.15) is 13.2 Å². The Balaban J connectivity index is 2.00. The monoisotopic (exact) mass is 411 g/mol. The van der Waals surface area contributed by atoms with E-state index < -0.39 is 39.4 Å². The van der Waals surface area contributed by atoms with E-state index in [4.69, 9.17) is 4.74 Å². The van der Waals surface area contributed by atoms with Gasteiger partial charge in [-0.15, -0.1) is 0 Å². The van der Waals surface area contributed by atoms with E-state index in [0.29, 0.717) is 5.69 Å². The molecule has 2 unspecified atom stereocenters. The van der Waals surface area contributed by atoms with Gasteiger partial charge in [0.25, 0.3) is 0 Å². The van der Waals surface area contributed by atoms with E-state index >= 15 is 0 Å². The zero-order valence-electron chi connectivity index (χ0n) is 14.7. The summed E-state index contributed by atoms with van der Waals surface area (Å²) in [4.78, 5) is 13.2. The van der Waals surface area contributed by atoms with Gasteiger partial charge in [0.15, 0.2) is 21.2 Å². The molecule has 2 atom stereocenters. The van der Waals surface area contributed by atoms with Crippen LogP contribution in [0.3, 0.4) is 0 Å². The van der Waals surface area contributed by atoms with Crippen LogP contribution in [-0.2, 0) is 19.4 Å². The fourth-order valence-electron chi connectivity index (χ4n) is 2.60. The molecular formula is C16H20F3NO6S. The highest BCUT2D eigenvalue weighted by Gasteiger charge is 2.47. The number of anilines is 1. The quantitative estimate of drug-likeness (QED) is 0.734. The zero-order chi connectivity index (χ0) is 20.5. The molecule has 1 fully saturated rings. The Morgan fingerprint density at radius 1 is 1.33 bits per heavy atom. The van der Waals surface area contributed by atoms with E-state index in [0.717, 1.165) is 13.2 Å². The summed E-state index contributed by atoms with van der Waals surface area (Å²) in [6.07, 6.45) is -4.40. The second-order valence-electron chi connectivity index (χ2n) is 6.55. The molecule has 1 aromatic rings. The maximum atomic E-state index is 12.2. The van der Waals surface area contributed by atoms with E-state index in [1.807, 2.05) is 0 Å². The van der Waals surface area contributed by atoms with Crippen LogP contribution in [0.5, 0.6) is 5.75 Å². The molecule has 1 aliphatic rings. The van der Waals surface area contributed by atoms with Crippen molar-refractivity contribution in [1.29, 1.82) is 0 Å². The second kappa shape index (κ2) is 7.55. The lowest BCUT2D eigenvalue weighted by Gasteiger charge is -2.25. The van der Waals surface area contributed by atoms with E-state index in [2.05, 4.69) is 4.74 Å². The number of carboxylic acid groups (broad SMARTS) is 1. The largest absolute Gasteiger partial charge is 0.484 e. The SMILES string of the molecule is CC(CC1CN(c2ccc(OCC(F)(F)F)cc2)CO1)(C(=O)O)S(C)(=O)=O. The number of carbonyl (C=O) groups is 1. The Kier molecular flexibility index (Phi) is 5.95. The van der Waals surface area contributed by atoms with Gasteiger partial charge in [-0.25, -0.2) is 8.42 Å². The van der Waals surface area contributed by atoms with E-state index in [-0.39, 0.29) is 25.4 Å². The lowest BCUT2D eigenvalue weighted by molar-refractivity contribution is -0.153. The zero-order valence-corrected chi connectivity index (χ0v) is 15.5. The van der Waals surface area contributed by atoms with Gasteiger partial charge in [-0.3, -0.25) is 4.79 Å². The average molecular weight is 411 g/mol. The van der Waals surface area contributed by atoms with Gasteiger partial charge < -0.3 is 19.5 Å². The van der Waals surface area contributed by atoms with Crippen molar-refractivity contribution in [3.8, 4) is 5.75 Å². The number of nitrogens with zero attached hydrogens (tertiary/aromatic N) is 1. The van der Waals surface area contributed by atoms with Gasteiger partial charge in [-0.05, 0) is 31.2 Å². The minimum absolute atomic E-state index is 0.0586. The maximum absolute atomic E-state index is 12.2. The molecule has 152 valence electrons. The molecule has 0 aromatic heterocycles. The highest BCUT2D eigenvalue weighted by molar-refractivity contribution is 7.92. The lowest BCUT2D eigenvalue weighted by Crippen LogP contribution is -2.46. The molecule has 11 heteroatoms. The molecule has 0 amide bonds. The van der Waals surface area contributed by atoms with Crippen molar-refractivity contribution in [2.75, 3.05) is 31.0 Å². The summed E-state index contributed by atoms with van der Waals surface area (Å²) in [5.74, 6) is -1.39. The topological polar surface area (TPSA) is 93.1 Å². The normalized spacial score (nSPS) is 20.3. The number of carboxylic acids is 1. The first-order valence-corrected chi connectivity index (χ1v) is 9.80. The van der Waals surface area contributed by atoms with Crippen molar-refractivity contribution >= 4 is 21.5 Å². The number of ether oxygens (including phenoxy) is 2. The van der Waals surface area contributed by atoms with Crippen LogP contribution < -0.4 is 9.64 Å². The number of alkyl halides is 3. The summed E-state index contributed by atoms with van der Waals surface area (Å²) in [6, 6.07) is 5.85. The summed E-state index contributed by atoms with van der Waals surface area (Å²) >= 11 is 0. The minimum atomic E-state index is -4.43. The van der Waals surface area contributed by atoms with Crippen LogP contribution in [0.25, 0.3) is 0 Å². The maximum Gasteiger partial charge on any atom is 0.422 e. The molecule has 0 radical (unpaired) electrons. The summed E-state index contributed by atoms with van der Waals surface area (Å²) < 4.78 is 68.3. The number of hydrogen-bond acceptors (Lipinski definition) is 6. The van der Waals surface area contributed by atoms with E-state index in [1.165, 1.54) is 12.1 Å². The van der Waals surface area contributed by atoms with Crippen molar-refractivity contribution in [1.82, 2.24) is 0 Å². The van der Waals surface area contributed by atoms with Crippen molar-refractivity contribution < 1.29 is 41.0 Å². The Morgan fingerprint density at radius 3 is 2.41 bits per heavy atom. The molecule has 0 spiro atoms. The van der Waals surface area contributed by atoms with Gasteiger partial charge >= 0.3 is 12.1 Å². The molecule has 1 aromatic carbocycles. The Labute approximate surface area is 154 Å². The molecule has 0 saturated carbocycles. The van der Waals surface area contributed by atoms with Gasteiger partial charge in [0.05, 0.1) is 6.10 Å².